The van der Waals surface area contributed by atoms with Crippen molar-refractivity contribution in [3.05, 3.63) is 24.3 Å². The zero-order valence-corrected chi connectivity index (χ0v) is 11.7. The lowest BCUT2D eigenvalue weighted by molar-refractivity contribution is -0.118. The van der Waals surface area contributed by atoms with E-state index in [4.69, 9.17) is 15.2 Å². The Kier molecular flexibility index (Phi) is 6.32. The molecule has 0 unspecified atom stereocenters. The predicted octanol–water partition coefficient (Wildman–Crippen LogP) is 1.63. The highest BCUT2D eigenvalue weighted by Gasteiger charge is 2.16. The third kappa shape index (κ3) is 5.28. The Hall–Kier alpha value is -1.59. The number of nitrogens with one attached hydrogen (secondary N) is 1. The van der Waals surface area contributed by atoms with Crippen LogP contribution in [0.3, 0.4) is 0 Å². The van der Waals surface area contributed by atoms with E-state index in [1.807, 2.05) is 13.8 Å². The van der Waals surface area contributed by atoms with Crippen LogP contribution in [0.5, 0.6) is 5.75 Å². The zero-order valence-electron chi connectivity index (χ0n) is 11.7. The Bertz CT molecular complexity index is 390. The molecule has 1 aromatic rings. The van der Waals surface area contributed by atoms with Crippen molar-refractivity contribution in [1.82, 2.24) is 0 Å². The molecule has 5 nitrogen and oxygen atoms in total. The van der Waals surface area contributed by atoms with Crippen LogP contribution in [0.15, 0.2) is 24.3 Å². The number of carbonyl (C=O) groups excluding carboxylic acids is 1. The van der Waals surface area contributed by atoms with Crippen molar-refractivity contribution in [3.63, 3.8) is 0 Å². The van der Waals surface area contributed by atoms with E-state index in [-0.39, 0.29) is 11.8 Å². The molecule has 0 saturated heterocycles. The first-order valence-corrected chi connectivity index (χ1v) is 6.33. The fraction of sp³-hybridized carbons (Fsp3) is 0.500. The van der Waals surface area contributed by atoms with Crippen LogP contribution in [-0.2, 0) is 9.53 Å². The summed E-state index contributed by atoms with van der Waals surface area (Å²) in [5.74, 6) is 0.669. The molecule has 3 N–H and O–H groups in total. The Morgan fingerprint density at radius 3 is 2.42 bits per heavy atom. The third-order valence-electron chi connectivity index (χ3n) is 2.70. The predicted molar refractivity (Wildman–Crippen MR) is 75.3 cm³/mol. The van der Waals surface area contributed by atoms with Gasteiger partial charge in [-0.25, -0.2) is 0 Å². The molecule has 106 valence electrons. The van der Waals surface area contributed by atoms with E-state index < -0.39 is 6.04 Å². The maximum absolute atomic E-state index is 11.8. The first kappa shape index (κ1) is 15.5. The molecular formula is C14H22N2O3. The lowest BCUT2D eigenvalue weighted by Crippen LogP contribution is -2.39. The lowest BCUT2D eigenvalue weighted by Gasteiger charge is -2.15. The highest BCUT2D eigenvalue weighted by atomic mass is 16.5. The standard InChI is InChI=1S/C14H22N2O3/c1-10(2)13(15)14(17)16-11-4-6-12(7-5-11)19-9-8-18-3/h4-7,10,13H,8-9,15H2,1-3H3,(H,16,17)/t13-/m0/s1. The molecule has 0 aliphatic heterocycles. The van der Waals surface area contributed by atoms with Crippen LogP contribution in [0.1, 0.15) is 13.8 Å². The molecule has 0 aromatic heterocycles. The van der Waals surface area contributed by atoms with Gasteiger partial charge < -0.3 is 20.5 Å². The van der Waals surface area contributed by atoms with E-state index in [9.17, 15) is 4.79 Å². The van der Waals surface area contributed by atoms with Crippen LogP contribution < -0.4 is 15.8 Å². The molecule has 0 spiro atoms. The fourth-order valence-electron chi connectivity index (χ4n) is 1.41. The fourth-order valence-corrected chi connectivity index (χ4v) is 1.41. The molecule has 19 heavy (non-hydrogen) atoms. The van der Waals surface area contributed by atoms with E-state index >= 15 is 0 Å². The summed E-state index contributed by atoms with van der Waals surface area (Å²) >= 11 is 0. The number of benzene rings is 1. The number of methoxy groups -OCH3 is 1. The molecular weight excluding hydrogens is 244 g/mol. The summed E-state index contributed by atoms with van der Waals surface area (Å²) in [6, 6.07) is 6.66. The highest BCUT2D eigenvalue weighted by Crippen LogP contribution is 2.16. The summed E-state index contributed by atoms with van der Waals surface area (Å²) in [6.45, 7) is 4.87. The number of rotatable bonds is 7. The SMILES string of the molecule is COCCOc1ccc(NC(=O)[C@@H](N)C(C)C)cc1. The van der Waals surface area contributed by atoms with E-state index in [1.165, 1.54) is 0 Å². The second kappa shape index (κ2) is 7.76. The van der Waals surface area contributed by atoms with Gasteiger partial charge in [-0.15, -0.1) is 0 Å². The quantitative estimate of drug-likeness (QED) is 0.736. The van der Waals surface area contributed by atoms with E-state index in [1.54, 1.807) is 31.4 Å². The van der Waals surface area contributed by atoms with Gasteiger partial charge in [0.25, 0.3) is 0 Å². The van der Waals surface area contributed by atoms with Crippen LogP contribution in [-0.4, -0.2) is 32.3 Å². The molecule has 0 bridgehead atoms. The molecule has 0 saturated carbocycles. The van der Waals surface area contributed by atoms with E-state index in [0.29, 0.717) is 18.9 Å². The third-order valence-corrected chi connectivity index (χ3v) is 2.70. The number of nitrogens with two attached hydrogens (primary N) is 1. The number of hydrogen-bond donors (Lipinski definition) is 2. The second-order valence-corrected chi connectivity index (χ2v) is 4.62. The molecule has 0 radical (unpaired) electrons. The Morgan fingerprint density at radius 1 is 1.26 bits per heavy atom. The summed E-state index contributed by atoms with van der Waals surface area (Å²) in [4.78, 5) is 11.8. The molecule has 1 amide bonds. The average molecular weight is 266 g/mol. The highest BCUT2D eigenvalue weighted by molar-refractivity contribution is 5.94. The van der Waals surface area contributed by atoms with E-state index in [0.717, 1.165) is 5.75 Å². The van der Waals surface area contributed by atoms with Gasteiger partial charge in [0.05, 0.1) is 12.6 Å². The largest absolute Gasteiger partial charge is 0.491 e. The lowest BCUT2D eigenvalue weighted by atomic mass is 10.1. The molecule has 0 aliphatic rings. The smallest absolute Gasteiger partial charge is 0.241 e. The van der Waals surface area contributed by atoms with Gasteiger partial charge in [-0.1, -0.05) is 13.8 Å². The van der Waals surface area contributed by atoms with Gasteiger partial charge in [0, 0.05) is 12.8 Å². The molecule has 0 heterocycles. The Labute approximate surface area is 114 Å². The molecule has 1 atom stereocenters. The summed E-state index contributed by atoms with van der Waals surface area (Å²) in [5, 5.41) is 2.77. The first-order valence-electron chi connectivity index (χ1n) is 6.33. The van der Waals surface area contributed by atoms with Crippen LogP contribution >= 0.6 is 0 Å². The van der Waals surface area contributed by atoms with Crippen molar-refractivity contribution in [2.45, 2.75) is 19.9 Å². The van der Waals surface area contributed by atoms with Gasteiger partial charge in [-0.3, -0.25) is 4.79 Å². The van der Waals surface area contributed by atoms with Gasteiger partial charge in [0.1, 0.15) is 12.4 Å². The number of anilines is 1. The summed E-state index contributed by atoms with van der Waals surface area (Å²) in [6.07, 6.45) is 0. The van der Waals surface area contributed by atoms with Crippen LogP contribution in [0, 0.1) is 5.92 Å². The number of amides is 1. The van der Waals surface area contributed by atoms with Crippen molar-refractivity contribution in [2.75, 3.05) is 25.6 Å². The van der Waals surface area contributed by atoms with Gasteiger partial charge in [0.2, 0.25) is 5.91 Å². The number of ether oxygens (including phenoxy) is 2. The van der Waals surface area contributed by atoms with Crippen LogP contribution in [0.25, 0.3) is 0 Å². The Balaban J connectivity index is 2.50. The number of carbonyl (C=O) groups is 1. The maximum atomic E-state index is 11.8. The van der Waals surface area contributed by atoms with Crippen molar-refractivity contribution < 1.29 is 14.3 Å². The van der Waals surface area contributed by atoms with Gasteiger partial charge >= 0.3 is 0 Å². The van der Waals surface area contributed by atoms with Crippen LogP contribution in [0.2, 0.25) is 0 Å². The Morgan fingerprint density at radius 2 is 1.89 bits per heavy atom. The molecule has 0 aliphatic carbocycles. The number of hydrogen-bond acceptors (Lipinski definition) is 4. The van der Waals surface area contributed by atoms with Crippen molar-refractivity contribution in [1.29, 1.82) is 0 Å². The summed E-state index contributed by atoms with van der Waals surface area (Å²) in [5.41, 5.74) is 6.48. The molecule has 0 fully saturated rings. The van der Waals surface area contributed by atoms with Crippen LogP contribution in [0.4, 0.5) is 5.69 Å². The minimum atomic E-state index is -0.502. The van der Waals surface area contributed by atoms with Gasteiger partial charge in [-0.2, -0.15) is 0 Å². The zero-order chi connectivity index (χ0) is 14.3. The van der Waals surface area contributed by atoms with Crippen molar-refractivity contribution in [2.24, 2.45) is 11.7 Å². The van der Waals surface area contributed by atoms with E-state index in [2.05, 4.69) is 5.32 Å². The molecule has 5 heteroatoms. The normalized spacial score (nSPS) is 12.3. The monoisotopic (exact) mass is 266 g/mol. The topological polar surface area (TPSA) is 73.6 Å². The summed E-state index contributed by atoms with van der Waals surface area (Å²) < 4.78 is 10.3. The average Bonchev–Trinajstić information content (AvgIpc) is 2.40. The summed E-state index contributed by atoms with van der Waals surface area (Å²) in [7, 11) is 1.62. The molecule has 1 rings (SSSR count). The van der Waals surface area contributed by atoms with Crippen molar-refractivity contribution in [3.8, 4) is 5.75 Å². The first-order chi connectivity index (χ1) is 9.04. The van der Waals surface area contributed by atoms with Gasteiger partial charge in [-0.05, 0) is 30.2 Å². The minimum Gasteiger partial charge on any atom is -0.491 e. The maximum Gasteiger partial charge on any atom is 0.241 e. The second-order valence-electron chi connectivity index (χ2n) is 4.62. The van der Waals surface area contributed by atoms with Gasteiger partial charge in [0.15, 0.2) is 0 Å². The molecule has 1 aromatic carbocycles. The minimum absolute atomic E-state index is 0.108. The van der Waals surface area contributed by atoms with Crippen molar-refractivity contribution >= 4 is 11.6 Å².